The summed E-state index contributed by atoms with van der Waals surface area (Å²) in [7, 11) is 0. The molecule has 2 aromatic rings. The van der Waals surface area contributed by atoms with Gasteiger partial charge >= 0.3 is 5.97 Å². The second-order valence-electron chi connectivity index (χ2n) is 6.81. The number of carbonyl (C=O) groups is 4. The van der Waals surface area contributed by atoms with Crippen molar-refractivity contribution in [2.45, 2.75) is 33.6 Å². The molecule has 0 aliphatic heterocycles. The van der Waals surface area contributed by atoms with Crippen molar-refractivity contribution in [1.82, 2.24) is 0 Å². The van der Waals surface area contributed by atoms with Crippen LogP contribution in [0.2, 0.25) is 0 Å². The molecule has 2 rings (SSSR count). The zero-order valence-corrected chi connectivity index (χ0v) is 18.6. The average molecular weight is 475 g/mol. The molecule has 2 N–H and O–H groups in total. The molecule has 0 fully saturated rings. The summed E-state index contributed by atoms with van der Waals surface area (Å²) in [5.74, 6) is -1.53. The van der Waals surface area contributed by atoms with E-state index in [1.54, 1.807) is 24.3 Å². The number of halogens is 1. The summed E-state index contributed by atoms with van der Waals surface area (Å²) in [6, 6.07) is 10.2. The van der Waals surface area contributed by atoms with Crippen LogP contribution in [-0.4, -0.2) is 30.2 Å². The lowest BCUT2D eigenvalue weighted by molar-refractivity contribution is -0.147. The molecule has 7 nitrogen and oxygen atoms in total. The zero-order valence-electron chi connectivity index (χ0n) is 17.0. The van der Waals surface area contributed by atoms with Gasteiger partial charge in [0.2, 0.25) is 5.91 Å². The molecule has 0 atom stereocenters. The third-order valence-corrected chi connectivity index (χ3v) is 5.13. The van der Waals surface area contributed by atoms with Crippen LogP contribution in [0.25, 0.3) is 0 Å². The molecule has 0 unspecified atom stereocenters. The predicted octanol–water partition coefficient (Wildman–Crippen LogP) is 4.17. The highest BCUT2D eigenvalue weighted by Gasteiger charge is 2.12. The monoisotopic (exact) mass is 474 g/mol. The Bertz CT molecular complexity index is 970. The van der Waals surface area contributed by atoms with Crippen molar-refractivity contribution in [1.29, 1.82) is 0 Å². The summed E-state index contributed by atoms with van der Waals surface area (Å²) in [5.41, 5.74) is 3.56. The number of nitrogens with one attached hydrogen (secondary N) is 2. The van der Waals surface area contributed by atoms with E-state index in [0.717, 1.165) is 15.6 Å². The highest BCUT2D eigenvalue weighted by atomic mass is 79.9. The van der Waals surface area contributed by atoms with E-state index in [4.69, 9.17) is 4.74 Å². The van der Waals surface area contributed by atoms with Crippen LogP contribution in [0.15, 0.2) is 40.9 Å². The van der Waals surface area contributed by atoms with Crippen LogP contribution in [-0.2, 0) is 19.1 Å². The fraction of sp³-hybridized carbons (Fsp3) is 0.273. The molecule has 0 spiro atoms. The third kappa shape index (κ3) is 7.11. The largest absolute Gasteiger partial charge is 0.456 e. The van der Waals surface area contributed by atoms with Gasteiger partial charge in [-0.2, -0.15) is 0 Å². The molecule has 158 valence electrons. The molecule has 0 saturated heterocycles. The smallest absolute Gasteiger partial charge is 0.306 e. The van der Waals surface area contributed by atoms with Crippen molar-refractivity contribution < 1.29 is 23.9 Å². The van der Waals surface area contributed by atoms with Crippen LogP contribution in [0.1, 0.15) is 41.3 Å². The molecule has 8 heteroatoms. The Hall–Kier alpha value is -3.00. The standard InChI is InChI=1S/C22H23BrN2O5/c1-13-11-19(14(2)10-18(13)23)25-21(28)12-30-22(29)9-8-20(27)24-17-6-4-16(5-7-17)15(3)26/h4-7,10-11H,8-9,12H2,1-3H3,(H,24,27)(H,25,28). The lowest BCUT2D eigenvalue weighted by Crippen LogP contribution is -2.22. The first-order chi connectivity index (χ1) is 14.2. The lowest BCUT2D eigenvalue weighted by atomic mass is 10.1. The molecule has 2 amide bonds. The van der Waals surface area contributed by atoms with Crippen LogP contribution in [0.4, 0.5) is 11.4 Å². The number of ketones is 1. The molecule has 0 aliphatic rings. The van der Waals surface area contributed by atoms with Gasteiger partial charge in [-0.25, -0.2) is 0 Å². The van der Waals surface area contributed by atoms with Crippen molar-refractivity contribution in [2.24, 2.45) is 0 Å². The van der Waals surface area contributed by atoms with E-state index >= 15 is 0 Å². The van der Waals surface area contributed by atoms with Crippen LogP contribution < -0.4 is 10.6 Å². The number of ether oxygens (including phenoxy) is 1. The van der Waals surface area contributed by atoms with E-state index < -0.39 is 18.5 Å². The minimum absolute atomic E-state index is 0.0647. The molecule has 0 bridgehead atoms. The predicted molar refractivity (Wildman–Crippen MR) is 118 cm³/mol. The molecular formula is C22H23BrN2O5. The molecule has 0 aromatic heterocycles. The number of hydrogen-bond acceptors (Lipinski definition) is 5. The molecule has 0 aliphatic carbocycles. The number of esters is 1. The SMILES string of the molecule is CC(=O)c1ccc(NC(=O)CCC(=O)OCC(=O)Nc2cc(C)c(Br)cc2C)cc1. The van der Waals surface area contributed by atoms with Crippen molar-refractivity contribution in [3.05, 3.63) is 57.6 Å². The molecule has 2 aromatic carbocycles. The fourth-order valence-corrected chi connectivity index (χ4v) is 3.01. The van der Waals surface area contributed by atoms with Gasteiger partial charge in [-0.1, -0.05) is 15.9 Å². The van der Waals surface area contributed by atoms with Gasteiger partial charge in [-0.3, -0.25) is 19.2 Å². The van der Waals surface area contributed by atoms with E-state index in [-0.39, 0.29) is 24.5 Å². The summed E-state index contributed by atoms with van der Waals surface area (Å²) >= 11 is 3.43. The summed E-state index contributed by atoms with van der Waals surface area (Å²) in [6.07, 6.45) is -0.235. The number of amides is 2. The van der Waals surface area contributed by atoms with Gasteiger partial charge < -0.3 is 15.4 Å². The summed E-state index contributed by atoms with van der Waals surface area (Å²) in [6.45, 7) is 4.79. The van der Waals surface area contributed by atoms with Crippen molar-refractivity contribution in [2.75, 3.05) is 17.2 Å². The Morgan fingerprint density at radius 1 is 0.900 bits per heavy atom. The van der Waals surface area contributed by atoms with Gasteiger partial charge in [0.25, 0.3) is 5.91 Å². The van der Waals surface area contributed by atoms with Crippen LogP contribution in [0, 0.1) is 13.8 Å². The minimum atomic E-state index is -0.643. The maximum absolute atomic E-state index is 12.0. The quantitative estimate of drug-likeness (QED) is 0.441. The van der Waals surface area contributed by atoms with Crippen LogP contribution >= 0.6 is 15.9 Å². The summed E-state index contributed by atoms with van der Waals surface area (Å²) in [4.78, 5) is 47.0. The van der Waals surface area contributed by atoms with Crippen molar-refractivity contribution in [3.8, 4) is 0 Å². The second-order valence-corrected chi connectivity index (χ2v) is 7.66. The number of benzene rings is 2. The van der Waals surface area contributed by atoms with Gasteiger partial charge in [0.1, 0.15) is 0 Å². The highest BCUT2D eigenvalue weighted by Crippen LogP contribution is 2.24. The van der Waals surface area contributed by atoms with E-state index in [1.807, 2.05) is 26.0 Å². The number of aryl methyl sites for hydroxylation is 2. The number of anilines is 2. The number of carbonyl (C=O) groups excluding carboxylic acids is 4. The first-order valence-electron chi connectivity index (χ1n) is 9.29. The fourth-order valence-electron chi connectivity index (χ4n) is 2.55. The van der Waals surface area contributed by atoms with Gasteiger partial charge in [-0.15, -0.1) is 0 Å². The lowest BCUT2D eigenvalue weighted by Gasteiger charge is -2.11. The van der Waals surface area contributed by atoms with Gasteiger partial charge in [0, 0.05) is 27.8 Å². The average Bonchev–Trinajstić information content (AvgIpc) is 2.69. The zero-order chi connectivity index (χ0) is 22.3. The van der Waals surface area contributed by atoms with E-state index in [1.165, 1.54) is 6.92 Å². The topological polar surface area (TPSA) is 102 Å². The normalized spacial score (nSPS) is 10.3. The highest BCUT2D eigenvalue weighted by molar-refractivity contribution is 9.10. The van der Waals surface area contributed by atoms with E-state index in [2.05, 4.69) is 26.6 Å². The third-order valence-electron chi connectivity index (χ3n) is 4.28. The Balaban J connectivity index is 1.73. The number of Topliss-reactive ketones (excluding diaryl/α,β-unsaturated/α-hetero) is 1. The van der Waals surface area contributed by atoms with Crippen LogP contribution in [0.5, 0.6) is 0 Å². The molecule has 0 radical (unpaired) electrons. The Morgan fingerprint density at radius 3 is 2.20 bits per heavy atom. The Kier molecular flexibility index (Phi) is 8.29. The molecule has 0 heterocycles. The maximum atomic E-state index is 12.0. The van der Waals surface area contributed by atoms with E-state index in [9.17, 15) is 19.2 Å². The summed E-state index contributed by atoms with van der Waals surface area (Å²) in [5, 5.41) is 5.34. The maximum Gasteiger partial charge on any atom is 0.306 e. The van der Waals surface area contributed by atoms with Crippen molar-refractivity contribution in [3.63, 3.8) is 0 Å². The van der Waals surface area contributed by atoms with Gasteiger partial charge in [-0.05, 0) is 68.3 Å². The summed E-state index contributed by atoms with van der Waals surface area (Å²) < 4.78 is 5.88. The molecule has 30 heavy (non-hydrogen) atoms. The number of hydrogen-bond donors (Lipinski definition) is 2. The minimum Gasteiger partial charge on any atom is -0.456 e. The van der Waals surface area contributed by atoms with Gasteiger partial charge in [0.15, 0.2) is 12.4 Å². The Labute approximate surface area is 183 Å². The second kappa shape index (κ2) is 10.7. The van der Waals surface area contributed by atoms with Crippen molar-refractivity contribution >= 4 is 50.9 Å². The number of rotatable bonds is 8. The first kappa shape index (κ1) is 23.3. The van der Waals surface area contributed by atoms with E-state index in [0.29, 0.717) is 16.9 Å². The Morgan fingerprint density at radius 2 is 1.57 bits per heavy atom. The first-order valence-corrected chi connectivity index (χ1v) is 10.1. The molecular weight excluding hydrogens is 452 g/mol. The molecule has 0 saturated carbocycles. The van der Waals surface area contributed by atoms with Gasteiger partial charge in [0.05, 0.1) is 6.42 Å². The van der Waals surface area contributed by atoms with Crippen LogP contribution in [0.3, 0.4) is 0 Å².